The van der Waals surface area contributed by atoms with Crippen LogP contribution in [0.25, 0.3) is 22.6 Å². The number of allylic oxidation sites excluding steroid dienone is 1. The minimum atomic E-state index is -0.246. The van der Waals surface area contributed by atoms with Crippen molar-refractivity contribution in [3.05, 3.63) is 70.3 Å². The van der Waals surface area contributed by atoms with Crippen LogP contribution in [0.2, 0.25) is 0 Å². The van der Waals surface area contributed by atoms with Gasteiger partial charge in [-0.15, -0.1) is 11.8 Å². The van der Waals surface area contributed by atoms with E-state index in [1.54, 1.807) is 36.0 Å². The Morgan fingerprint density at radius 3 is 2.65 bits per heavy atom. The lowest BCUT2D eigenvalue weighted by molar-refractivity contribution is 1.13. The SMILES string of the molecule is CSc1ccc(/C=C(\C#N)c2nc3ccccc3c(=O)[nH]2)cc1. The Balaban J connectivity index is 2.08. The molecule has 0 fully saturated rings. The minimum Gasteiger partial charge on any atom is -0.305 e. The summed E-state index contributed by atoms with van der Waals surface area (Å²) in [5, 5.41) is 9.93. The van der Waals surface area contributed by atoms with E-state index in [-0.39, 0.29) is 11.4 Å². The van der Waals surface area contributed by atoms with Gasteiger partial charge in [-0.05, 0) is 42.2 Å². The molecule has 0 aliphatic rings. The predicted octanol–water partition coefficient (Wildman–Crippen LogP) is 3.71. The Morgan fingerprint density at radius 2 is 1.96 bits per heavy atom. The fourth-order valence-corrected chi connectivity index (χ4v) is 2.64. The van der Waals surface area contributed by atoms with Crippen molar-refractivity contribution in [2.75, 3.05) is 6.26 Å². The summed E-state index contributed by atoms with van der Waals surface area (Å²) >= 11 is 1.66. The van der Waals surface area contributed by atoms with E-state index in [4.69, 9.17) is 0 Å². The number of para-hydroxylation sites is 1. The predicted molar refractivity (Wildman–Crippen MR) is 94.1 cm³/mol. The van der Waals surface area contributed by atoms with Crippen molar-refractivity contribution >= 4 is 34.3 Å². The number of thioether (sulfide) groups is 1. The maximum absolute atomic E-state index is 12.1. The van der Waals surface area contributed by atoms with Crippen molar-refractivity contribution < 1.29 is 0 Å². The summed E-state index contributed by atoms with van der Waals surface area (Å²) in [5.74, 6) is 0.283. The van der Waals surface area contributed by atoms with E-state index >= 15 is 0 Å². The number of aromatic nitrogens is 2. The maximum Gasteiger partial charge on any atom is 0.259 e. The molecule has 3 aromatic rings. The van der Waals surface area contributed by atoms with Crippen molar-refractivity contribution in [1.82, 2.24) is 9.97 Å². The number of nitrogens with zero attached hydrogens (tertiary/aromatic N) is 2. The lowest BCUT2D eigenvalue weighted by atomic mass is 10.1. The molecule has 3 rings (SSSR count). The standard InChI is InChI=1S/C18H13N3OS/c1-23-14-8-6-12(7-9-14)10-13(11-19)17-20-16-5-3-2-4-15(16)18(22)21-17/h2-10H,1H3,(H,20,21,22)/b13-10+. The van der Waals surface area contributed by atoms with E-state index in [2.05, 4.69) is 16.0 Å². The first-order chi connectivity index (χ1) is 11.2. The molecule has 1 heterocycles. The molecule has 0 unspecified atom stereocenters. The van der Waals surface area contributed by atoms with Gasteiger partial charge >= 0.3 is 0 Å². The Labute approximate surface area is 137 Å². The summed E-state index contributed by atoms with van der Waals surface area (Å²) in [7, 11) is 0. The molecule has 1 N–H and O–H groups in total. The summed E-state index contributed by atoms with van der Waals surface area (Å²) in [5.41, 5.74) is 1.54. The Bertz CT molecular complexity index is 982. The number of nitrogens with one attached hydrogen (secondary N) is 1. The second-order valence-corrected chi connectivity index (χ2v) is 5.75. The van der Waals surface area contributed by atoms with Crippen LogP contribution in [0.1, 0.15) is 11.4 Å². The maximum atomic E-state index is 12.1. The Morgan fingerprint density at radius 1 is 1.22 bits per heavy atom. The van der Waals surface area contributed by atoms with Gasteiger partial charge in [0.25, 0.3) is 5.56 Å². The smallest absolute Gasteiger partial charge is 0.259 e. The average molecular weight is 319 g/mol. The molecule has 0 amide bonds. The first kappa shape index (κ1) is 15.1. The van der Waals surface area contributed by atoms with E-state index in [9.17, 15) is 10.1 Å². The quantitative estimate of drug-likeness (QED) is 0.590. The first-order valence-corrected chi connectivity index (χ1v) is 8.19. The average Bonchev–Trinajstić information content (AvgIpc) is 2.60. The molecule has 0 spiro atoms. The monoisotopic (exact) mass is 319 g/mol. The minimum absolute atomic E-state index is 0.246. The van der Waals surface area contributed by atoms with Crippen molar-refractivity contribution in [2.45, 2.75) is 4.90 Å². The van der Waals surface area contributed by atoms with Gasteiger partial charge in [-0.2, -0.15) is 5.26 Å². The zero-order valence-corrected chi connectivity index (χ0v) is 13.2. The van der Waals surface area contributed by atoms with Gasteiger partial charge in [0.05, 0.1) is 16.5 Å². The number of hydrogen-bond donors (Lipinski definition) is 1. The molecule has 0 saturated heterocycles. The fourth-order valence-electron chi connectivity index (χ4n) is 2.23. The van der Waals surface area contributed by atoms with Crippen molar-refractivity contribution in [3.63, 3.8) is 0 Å². The van der Waals surface area contributed by atoms with Crippen LogP contribution < -0.4 is 5.56 Å². The highest BCUT2D eigenvalue weighted by atomic mass is 32.2. The van der Waals surface area contributed by atoms with Crippen LogP contribution in [-0.4, -0.2) is 16.2 Å². The second kappa shape index (κ2) is 6.51. The highest BCUT2D eigenvalue weighted by molar-refractivity contribution is 7.98. The summed E-state index contributed by atoms with van der Waals surface area (Å²) in [4.78, 5) is 20.3. The van der Waals surface area contributed by atoms with E-state index in [0.29, 0.717) is 16.5 Å². The summed E-state index contributed by atoms with van der Waals surface area (Å²) in [6, 6.07) is 17.0. The number of rotatable bonds is 3. The van der Waals surface area contributed by atoms with Crippen LogP contribution in [0, 0.1) is 11.3 Å². The number of benzene rings is 2. The van der Waals surface area contributed by atoms with Crippen molar-refractivity contribution in [3.8, 4) is 6.07 Å². The Kier molecular flexibility index (Phi) is 4.26. The Hall–Kier alpha value is -2.84. The second-order valence-electron chi connectivity index (χ2n) is 4.87. The van der Waals surface area contributed by atoms with Gasteiger partial charge in [0, 0.05) is 4.90 Å². The molecule has 0 atom stereocenters. The highest BCUT2D eigenvalue weighted by Crippen LogP contribution is 2.19. The number of hydrogen-bond acceptors (Lipinski definition) is 4. The molecule has 0 aliphatic heterocycles. The van der Waals surface area contributed by atoms with E-state index < -0.39 is 0 Å². The van der Waals surface area contributed by atoms with Crippen molar-refractivity contribution in [2.24, 2.45) is 0 Å². The fraction of sp³-hybridized carbons (Fsp3) is 0.0556. The van der Waals surface area contributed by atoms with Crippen LogP contribution >= 0.6 is 11.8 Å². The van der Waals surface area contributed by atoms with Crippen LogP contribution in [0.15, 0.2) is 58.2 Å². The molecule has 0 bridgehead atoms. The van der Waals surface area contributed by atoms with Crippen molar-refractivity contribution in [1.29, 1.82) is 5.26 Å². The van der Waals surface area contributed by atoms with Gasteiger partial charge in [-0.25, -0.2) is 4.98 Å². The normalized spacial score (nSPS) is 11.4. The van der Waals surface area contributed by atoms with E-state index in [0.717, 1.165) is 10.5 Å². The van der Waals surface area contributed by atoms with Crippen LogP contribution in [0.3, 0.4) is 0 Å². The summed E-state index contributed by atoms with van der Waals surface area (Å²) < 4.78 is 0. The molecule has 112 valence electrons. The number of nitriles is 1. The molecule has 5 heteroatoms. The molecular formula is C18H13N3OS. The van der Waals surface area contributed by atoms with Crippen LogP contribution in [0.4, 0.5) is 0 Å². The molecule has 0 saturated carbocycles. The van der Waals surface area contributed by atoms with Gasteiger partial charge < -0.3 is 4.98 Å². The van der Waals surface area contributed by atoms with Gasteiger partial charge in [0.1, 0.15) is 6.07 Å². The molecule has 2 aromatic carbocycles. The largest absolute Gasteiger partial charge is 0.305 e. The zero-order chi connectivity index (χ0) is 16.2. The van der Waals surface area contributed by atoms with Crippen LogP contribution in [-0.2, 0) is 0 Å². The van der Waals surface area contributed by atoms with Gasteiger partial charge in [0.15, 0.2) is 5.82 Å². The lowest BCUT2D eigenvalue weighted by Gasteiger charge is -2.02. The number of fused-ring (bicyclic) bond motifs is 1. The molecule has 23 heavy (non-hydrogen) atoms. The molecule has 0 radical (unpaired) electrons. The lowest BCUT2D eigenvalue weighted by Crippen LogP contribution is -2.11. The van der Waals surface area contributed by atoms with E-state index in [1.807, 2.05) is 36.6 Å². The topological polar surface area (TPSA) is 69.5 Å². The third-order valence-corrected chi connectivity index (χ3v) is 4.16. The first-order valence-electron chi connectivity index (χ1n) is 6.96. The summed E-state index contributed by atoms with van der Waals surface area (Å²) in [6.07, 6.45) is 3.73. The van der Waals surface area contributed by atoms with Crippen LogP contribution in [0.5, 0.6) is 0 Å². The third-order valence-electron chi connectivity index (χ3n) is 3.42. The zero-order valence-electron chi connectivity index (χ0n) is 12.4. The van der Waals surface area contributed by atoms with Gasteiger partial charge in [0.2, 0.25) is 0 Å². The number of H-pyrrole nitrogens is 1. The van der Waals surface area contributed by atoms with E-state index in [1.165, 1.54) is 0 Å². The van der Waals surface area contributed by atoms with Gasteiger partial charge in [-0.3, -0.25) is 4.79 Å². The molecule has 1 aromatic heterocycles. The molecule has 0 aliphatic carbocycles. The summed E-state index contributed by atoms with van der Waals surface area (Å²) in [6.45, 7) is 0. The number of aromatic amines is 1. The molecular weight excluding hydrogens is 306 g/mol. The third kappa shape index (κ3) is 3.17. The molecule has 4 nitrogen and oxygen atoms in total. The van der Waals surface area contributed by atoms with Gasteiger partial charge in [-0.1, -0.05) is 24.3 Å². The highest BCUT2D eigenvalue weighted by Gasteiger charge is 2.08.